The SMILES string of the molecule is Cc1cc(N=Nc2cc(O)c(N=Nc3ccc4cc(Nc5ccccc5)ccc4c3O)cc2CO)ccc1N=Nc1ccc(N=Nc2ccccc2S(=O)(=O)O)c(C)c1. The minimum atomic E-state index is -4.46. The Labute approximate surface area is 338 Å². The summed E-state index contributed by atoms with van der Waals surface area (Å²) in [5, 5.41) is 70.3. The molecule has 0 heterocycles. The van der Waals surface area contributed by atoms with Crippen molar-refractivity contribution in [1.29, 1.82) is 0 Å². The fourth-order valence-electron chi connectivity index (χ4n) is 5.88. The number of aliphatic hydroxyl groups is 1. The molecule has 0 atom stereocenters. The molecule has 0 aromatic heterocycles. The van der Waals surface area contributed by atoms with E-state index in [-0.39, 0.29) is 39.1 Å². The van der Waals surface area contributed by atoms with Crippen LogP contribution in [0.3, 0.4) is 0 Å². The molecular weight excluding hydrogens is 771 g/mol. The van der Waals surface area contributed by atoms with Crippen LogP contribution in [0.4, 0.5) is 56.9 Å². The predicted octanol–water partition coefficient (Wildman–Crippen LogP) is 13.0. The molecule has 7 rings (SSSR count). The van der Waals surface area contributed by atoms with E-state index in [4.69, 9.17) is 0 Å². The summed E-state index contributed by atoms with van der Waals surface area (Å²) in [7, 11) is -4.46. The minimum absolute atomic E-state index is 0.00684. The molecular formula is C43H35N9O6S. The lowest BCUT2D eigenvalue weighted by atomic mass is 10.1. The van der Waals surface area contributed by atoms with Crippen molar-refractivity contribution in [2.24, 2.45) is 40.9 Å². The zero-order valence-electron chi connectivity index (χ0n) is 31.5. The van der Waals surface area contributed by atoms with Crippen LogP contribution in [0.25, 0.3) is 10.8 Å². The topological polar surface area (TPSA) is 226 Å². The highest BCUT2D eigenvalue weighted by atomic mass is 32.2. The van der Waals surface area contributed by atoms with E-state index in [0.29, 0.717) is 39.3 Å². The molecule has 16 heteroatoms. The molecule has 7 aromatic carbocycles. The Balaban J connectivity index is 1.02. The number of phenols is 2. The number of anilines is 2. The molecule has 0 saturated carbocycles. The Bertz CT molecular complexity index is 2940. The summed E-state index contributed by atoms with van der Waals surface area (Å²) in [6.07, 6.45) is 0. The number of hydrogen-bond acceptors (Lipinski definition) is 14. The standard InChI is InChI=1S/C43H35N9O6S/c1-26-20-33(14-18-35(26)47-45-32-15-19-36(27(2)21-32)48-49-37-10-6-7-11-42(37)59(56,57)58)46-51-39-24-41(54)40(23-29(39)25-53)52-50-38-17-12-28-22-31(13-16-34(28)43(38)55)44-30-8-4-3-5-9-30/h3-24,44,53-55H,25H2,1-2H3,(H,56,57,58). The van der Waals surface area contributed by atoms with Crippen molar-refractivity contribution in [2.75, 3.05) is 5.32 Å². The lowest BCUT2D eigenvalue weighted by Gasteiger charge is -2.09. The molecule has 0 fully saturated rings. The molecule has 0 unspecified atom stereocenters. The van der Waals surface area contributed by atoms with Gasteiger partial charge < -0.3 is 20.6 Å². The van der Waals surface area contributed by atoms with Crippen molar-refractivity contribution in [1.82, 2.24) is 0 Å². The van der Waals surface area contributed by atoms with Gasteiger partial charge in [0, 0.05) is 28.4 Å². The van der Waals surface area contributed by atoms with Gasteiger partial charge in [0.25, 0.3) is 10.1 Å². The van der Waals surface area contributed by atoms with Gasteiger partial charge in [0.2, 0.25) is 0 Å². The summed E-state index contributed by atoms with van der Waals surface area (Å²) < 4.78 is 32.8. The number of nitrogens with zero attached hydrogens (tertiary/aromatic N) is 8. The highest BCUT2D eigenvalue weighted by molar-refractivity contribution is 7.86. The Morgan fingerprint density at radius 2 is 1.10 bits per heavy atom. The summed E-state index contributed by atoms with van der Waals surface area (Å²) in [5.41, 5.74) is 6.19. The zero-order valence-corrected chi connectivity index (χ0v) is 32.3. The first-order chi connectivity index (χ1) is 28.4. The molecule has 0 amide bonds. The van der Waals surface area contributed by atoms with E-state index in [1.54, 1.807) is 61.5 Å². The van der Waals surface area contributed by atoms with E-state index in [2.05, 4.69) is 46.2 Å². The van der Waals surface area contributed by atoms with Crippen LogP contribution in [0.2, 0.25) is 0 Å². The van der Waals surface area contributed by atoms with Crippen molar-refractivity contribution in [3.63, 3.8) is 0 Å². The highest BCUT2D eigenvalue weighted by Crippen LogP contribution is 2.40. The van der Waals surface area contributed by atoms with E-state index >= 15 is 0 Å². The Morgan fingerprint density at radius 3 is 1.76 bits per heavy atom. The Morgan fingerprint density at radius 1 is 0.525 bits per heavy atom. The van der Waals surface area contributed by atoms with Gasteiger partial charge in [-0.2, -0.15) is 34.0 Å². The average molecular weight is 806 g/mol. The van der Waals surface area contributed by atoms with E-state index in [0.717, 1.165) is 22.3 Å². The van der Waals surface area contributed by atoms with E-state index in [9.17, 15) is 28.3 Å². The quantitative estimate of drug-likeness (QED) is 0.0592. The second-order valence-corrected chi connectivity index (χ2v) is 14.6. The molecule has 59 heavy (non-hydrogen) atoms. The summed E-state index contributed by atoms with van der Waals surface area (Å²) >= 11 is 0. The molecule has 7 aromatic rings. The predicted molar refractivity (Wildman–Crippen MR) is 225 cm³/mol. The van der Waals surface area contributed by atoms with E-state index in [1.165, 1.54) is 30.3 Å². The number of azo groups is 4. The molecule has 294 valence electrons. The molecule has 0 aliphatic rings. The largest absolute Gasteiger partial charge is 0.506 e. The molecule has 15 nitrogen and oxygen atoms in total. The lowest BCUT2D eigenvalue weighted by molar-refractivity contribution is 0.282. The minimum Gasteiger partial charge on any atom is -0.506 e. The van der Waals surface area contributed by atoms with Crippen LogP contribution in [0, 0.1) is 13.8 Å². The number of rotatable bonds is 12. The Hall–Kier alpha value is -7.53. The third-order valence-corrected chi connectivity index (χ3v) is 9.86. The third-order valence-electron chi connectivity index (χ3n) is 8.96. The summed E-state index contributed by atoms with van der Waals surface area (Å²) in [4.78, 5) is -0.342. The molecule has 0 saturated heterocycles. The van der Waals surface area contributed by atoms with Crippen molar-refractivity contribution >= 4 is 77.8 Å². The molecule has 0 aliphatic carbocycles. The van der Waals surface area contributed by atoms with Crippen LogP contribution in [-0.2, 0) is 16.7 Å². The van der Waals surface area contributed by atoms with Gasteiger partial charge in [-0.3, -0.25) is 4.55 Å². The molecule has 5 N–H and O–H groups in total. The van der Waals surface area contributed by atoms with Gasteiger partial charge in [-0.15, -0.1) is 15.3 Å². The number of benzene rings is 7. The number of phenolic OH excluding ortho intramolecular Hbond substituents is 2. The number of aliphatic hydroxyl groups excluding tert-OH is 1. The van der Waals surface area contributed by atoms with Gasteiger partial charge in [0.05, 0.1) is 35.0 Å². The maximum atomic E-state index is 11.7. The van der Waals surface area contributed by atoms with E-state index < -0.39 is 16.7 Å². The second-order valence-electron chi connectivity index (χ2n) is 13.2. The third kappa shape index (κ3) is 9.54. The van der Waals surface area contributed by atoms with Crippen LogP contribution in [0.15, 0.2) is 179 Å². The fraction of sp³-hybridized carbons (Fsp3) is 0.0698. The number of aromatic hydroxyl groups is 2. The van der Waals surface area contributed by atoms with Crippen molar-refractivity contribution in [2.45, 2.75) is 25.3 Å². The van der Waals surface area contributed by atoms with Gasteiger partial charge in [-0.25, -0.2) is 0 Å². The zero-order chi connectivity index (χ0) is 41.5. The summed E-state index contributed by atoms with van der Waals surface area (Å²) in [5.74, 6) is -0.319. The monoisotopic (exact) mass is 805 g/mol. The van der Waals surface area contributed by atoms with Crippen LogP contribution in [0.1, 0.15) is 16.7 Å². The number of nitrogens with one attached hydrogen (secondary N) is 1. The van der Waals surface area contributed by atoms with Gasteiger partial charge in [0.15, 0.2) is 5.75 Å². The normalized spacial score (nSPS) is 12.1. The molecule has 0 bridgehead atoms. The number of aryl methyl sites for hydroxylation is 2. The number of para-hydroxylation sites is 1. The summed E-state index contributed by atoms with van der Waals surface area (Å²) in [6.45, 7) is 3.22. The van der Waals surface area contributed by atoms with E-state index in [1.807, 2.05) is 55.5 Å². The van der Waals surface area contributed by atoms with Crippen LogP contribution in [-0.4, -0.2) is 28.3 Å². The Kier molecular flexibility index (Phi) is 11.6. The average Bonchev–Trinajstić information content (AvgIpc) is 3.22. The lowest BCUT2D eigenvalue weighted by Crippen LogP contribution is -1.97. The van der Waals surface area contributed by atoms with Crippen LogP contribution < -0.4 is 5.32 Å². The van der Waals surface area contributed by atoms with Crippen LogP contribution in [0.5, 0.6) is 11.5 Å². The summed E-state index contributed by atoms with van der Waals surface area (Å²) in [6, 6.07) is 37.6. The maximum Gasteiger partial charge on any atom is 0.296 e. The van der Waals surface area contributed by atoms with Gasteiger partial charge in [-0.1, -0.05) is 36.4 Å². The van der Waals surface area contributed by atoms with Gasteiger partial charge in [0.1, 0.15) is 27.7 Å². The first-order valence-corrected chi connectivity index (χ1v) is 19.4. The smallest absolute Gasteiger partial charge is 0.296 e. The van der Waals surface area contributed by atoms with Crippen LogP contribution >= 0.6 is 0 Å². The van der Waals surface area contributed by atoms with Gasteiger partial charge in [-0.05, 0) is 121 Å². The fourth-order valence-corrected chi connectivity index (χ4v) is 6.51. The van der Waals surface area contributed by atoms with Crippen molar-refractivity contribution < 1.29 is 28.3 Å². The van der Waals surface area contributed by atoms with Gasteiger partial charge >= 0.3 is 0 Å². The highest BCUT2D eigenvalue weighted by Gasteiger charge is 2.15. The van der Waals surface area contributed by atoms with Crippen molar-refractivity contribution in [3.8, 4) is 11.5 Å². The number of fused-ring (bicyclic) bond motifs is 1. The first kappa shape index (κ1) is 39.7. The maximum absolute atomic E-state index is 11.7. The number of hydrogen-bond donors (Lipinski definition) is 5. The molecule has 0 radical (unpaired) electrons. The molecule has 0 aliphatic heterocycles. The first-order valence-electron chi connectivity index (χ1n) is 17.9. The molecule has 0 spiro atoms. The van der Waals surface area contributed by atoms with Crippen molar-refractivity contribution in [3.05, 3.63) is 150 Å². The second kappa shape index (κ2) is 17.3.